The van der Waals surface area contributed by atoms with E-state index in [1.165, 1.54) is 12.1 Å². The van der Waals surface area contributed by atoms with E-state index in [9.17, 15) is 4.39 Å². The number of rotatable bonds is 3. The molecule has 4 nitrogen and oxygen atoms in total. The van der Waals surface area contributed by atoms with Gasteiger partial charge in [0.1, 0.15) is 11.6 Å². The Morgan fingerprint density at radius 3 is 2.58 bits per heavy atom. The second-order valence-electron chi connectivity index (χ2n) is 5.54. The molecular weight excluding hydrogens is 303 g/mol. The van der Waals surface area contributed by atoms with Crippen molar-refractivity contribution in [2.24, 2.45) is 0 Å². The molecule has 4 aromatic rings. The monoisotopic (exact) mass is 318 g/mol. The maximum absolute atomic E-state index is 13.7. The largest absolute Gasteiger partial charge is 0.341 e. The number of aromatic amines is 1. The lowest BCUT2D eigenvalue weighted by Crippen LogP contribution is -1.92. The number of benzene rings is 1. The first-order valence-electron chi connectivity index (χ1n) is 7.80. The molecule has 1 aromatic carbocycles. The molecule has 3 heterocycles. The van der Waals surface area contributed by atoms with Crippen LogP contribution in [0.3, 0.4) is 0 Å². The first kappa shape index (κ1) is 14.5. The van der Waals surface area contributed by atoms with Gasteiger partial charge < -0.3 is 4.98 Å². The lowest BCUT2D eigenvalue weighted by atomic mass is 10.00. The average molecular weight is 318 g/mol. The summed E-state index contributed by atoms with van der Waals surface area (Å²) in [7, 11) is 0. The van der Waals surface area contributed by atoms with E-state index in [1.807, 2.05) is 31.2 Å². The summed E-state index contributed by atoms with van der Waals surface area (Å²) in [5.41, 5.74) is 4.85. The number of aromatic nitrogens is 4. The molecule has 0 aliphatic rings. The van der Waals surface area contributed by atoms with Crippen LogP contribution in [0.2, 0.25) is 0 Å². The van der Waals surface area contributed by atoms with Crippen molar-refractivity contribution in [1.29, 1.82) is 0 Å². The zero-order valence-corrected chi connectivity index (χ0v) is 13.1. The van der Waals surface area contributed by atoms with Crippen LogP contribution in [0.5, 0.6) is 0 Å². The highest BCUT2D eigenvalue weighted by Gasteiger charge is 2.14. The fraction of sp³-hybridized carbons (Fsp3) is 0.105. The molecule has 0 aliphatic carbocycles. The Hall–Kier alpha value is -3.08. The molecule has 0 aliphatic heterocycles. The van der Waals surface area contributed by atoms with Crippen molar-refractivity contribution in [3.05, 3.63) is 66.5 Å². The Labute approximate surface area is 138 Å². The molecule has 4 rings (SSSR count). The quantitative estimate of drug-likeness (QED) is 0.609. The molecule has 1 N–H and O–H groups in total. The van der Waals surface area contributed by atoms with E-state index in [-0.39, 0.29) is 5.82 Å². The first-order chi connectivity index (χ1) is 11.7. The summed E-state index contributed by atoms with van der Waals surface area (Å²) in [6.07, 6.45) is 4.27. The van der Waals surface area contributed by atoms with E-state index in [4.69, 9.17) is 4.98 Å². The normalized spacial score (nSPS) is 11.1. The van der Waals surface area contributed by atoms with E-state index in [0.29, 0.717) is 11.3 Å². The number of halogens is 1. The van der Waals surface area contributed by atoms with Crippen molar-refractivity contribution in [1.82, 2.24) is 19.9 Å². The lowest BCUT2D eigenvalue weighted by Gasteiger charge is -2.09. The van der Waals surface area contributed by atoms with Crippen LogP contribution in [-0.2, 0) is 6.42 Å². The van der Waals surface area contributed by atoms with Crippen molar-refractivity contribution < 1.29 is 4.39 Å². The molecule has 0 fully saturated rings. The summed E-state index contributed by atoms with van der Waals surface area (Å²) in [6, 6.07) is 12.3. The van der Waals surface area contributed by atoms with Crippen molar-refractivity contribution in [2.45, 2.75) is 13.3 Å². The number of nitrogens with one attached hydrogen (secondary N) is 1. The minimum Gasteiger partial charge on any atom is -0.341 e. The molecule has 0 saturated carbocycles. The fourth-order valence-corrected chi connectivity index (χ4v) is 2.77. The van der Waals surface area contributed by atoms with Gasteiger partial charge >= 0.3 is 0 Å². The third-order valence-corrected chi connectivity index (χ3v) is 3.95. The predicted octanol–water partition coefficient (Wildman–Crippen LogP) is 4.39. The van der Waals surface area contributed by atoms with Gasteiger partial charge in [0, 0.05) is 29.9 Å². The standard InChI is InChI=1S/C19H15FN4/c1-2-17-22-16-11-15(12-6-8-21-9-7-12)18(24-19(16)23-17)13-4-3-5-14(20)10-13/h3-11H,2H2,1H3,(H,22,23,24). The smallest absolute Gasteiger partial charge is 0.178 e. The van der Waals surface area contributed by atoms with Crippen LogP contribution >= 0.6 is 0 Å². The van der Waals surface area contributed by atoms with Gasteiger partial charge in [-0.05, 0) is 35.9 Å². The highest BCUT2D eigenvalue weighted by atomic mass is 19.1. The van der Waals surface area contributed by atoms with Crippen molar-refractivity contribution in [2.75, 3.05) is 0 Å². The molecule has 0 amide bonds. The molecule has 0 saturated heterocycles. The second kappa shape index (κ2) is 5.85. The minimum absolute atomic E-state index is 0.286. The van der Waals surface area contributed by atoms with Crippen LogP contribution < -0.4 is 0 Å². The highest BCUT2D eigenvalue weighted by molar-refractivity contribution is 5.88. The lowest BCUT2D eigenvalue weighted by molar-refractivity contribution is 0.628. The highest BCUT2D eigenvalue weighted by Crippen LogP contribution is 2.32. The third-order valence-electron chi connectivity index (χ3n) is 3.95. The minimum atomic E-state index is -0.286. The van der Waals surface area contributed by atoms with Gasteiger partial charge in [0.2, 0.25) is 0 Å². The molecule has 0 radical (unpaired) electrons. The Morgan fingerprint density at radius 2 is 1.83 bits per heavy atom. The maximum atomic E-state index is 13.7. The molecule has 0 bridgehead atoms. The molecular formula is C19H15FN4. The summed E-state index contributed by atoms with van der Waals surface area (Å²) < 4.78 is 13.7. The molecule has 0 atom stereocenters. The molecule has 24 heavy (non-hydrogen) atoms. The van der Waals surface area contributed by atoms with Crippen molar-refractivity contribution >= 4 is 11.2 Å². The Balaban J connectivity index is 2.01. The van der Waals surface area contributed by atoms with E-state index >= 15 is 0 Å². The van der Waals surface area contributed by atoms with E-state index < -0.39 is 0 Å². The molecule has 5 heteroatoms. The third kappa shape index (κ3) is 2.54. The van der Waals surface area contributed by atoms with Crippen molar-refractivity contribution in [3.63, 3.8) is 0 Å². The van der Waals surface area contributed by atoms with Gasteiger partial charge in [0.15, 0.2) is 5.65 Å². The van der Waals surface area contributed by atoms with Gasteiger partial charge in [-0.15, -0.1) is 0 Å². The summed E-state index contributed by atoms with van der Waals surface area (Å²) in [6.45, 7) is 2.04. The van der Waals surface area contributed by atoms with Gasteiger partial charge in [0.25, 0.3) is 0 Å². The second-order valence-corrected chi connectivity index (χ2v) is 5.54. The van der Waals surface area contributed by atoms with Crippen LogP contribution in [0.4, 0.5) is 4.39 Å². The molecule has 3 aromatic heterocycles. The van der Waals surface area contributed by atoms with Gasteiger partial charge in [-0.2, -0.15) is 0 Å². The number of aryl methyl sites for hydroxylation is 1. The number of pyridine rings is 2. The average Bonchev–Trinajstić information content (AvgIpc) is 3.03. The summed E-state index contributed by atoms with van der Waals surface area (Å²) >= 11 is 0. The van der Waals surface area contributed by atoms with Crippen LogP contribution in [0.25, 0.3) is 33.5 Å². The summed E-state index contributed by atoms with van der Waals surface area (Å²) in [5.74, 6) is 0.598. The maximum Gasteiger partial charge on any atom is 0.178 e. The molecule has 0 spiro atoms. The first-order valence-corrected chi connectivity index (χ1v) is 7.80. The summed E-state index contributed by atoms with van der Waals surface area (Å²) in [4.78, 5) is 16.6. The number of nitrogens with zero attached hydrogens (tertiary/aromatic N) is 3. The molecule has 118 valence electrons. The van der Waals surface area contributed by atoms with Crippen LogP contribution in [-0.4, -0.2) is 19.9 Å². The number of imidazole rings is 1. The predicted molar refractivity (Wildman–Crippen MR) is 91.9 cm³/mol. The van der Waals surface area contributed by atoms with Crippen LogP contribution in [0.15, 0.2) is 54.9 Å². The zero-order valence-electron chi connectivity index (χ0n) is 13.1. The zero-order chi connectivity index (χ0) is 16.5. The van der Waals surface area contributed by atoms with E-state index in [2.05, 4.69) is 15.0 Å². The summed E-state index contributed by atoms with van der Waals surface area (Å²) in [5, 5.41) is 0. The van der Waals surface area contributed by atoms with E-state index in [1.54, 1.807) is 18.5 Å². The number of hydrogen-bond acceptors (Lipinski definition) is 3. The van der Waals surface area contributed by atoms with Crippen LogP contribution in [0, 0.1) is 5.82 Å². The topological polar surface area (TPSA) is 54.5 Å². The Kier molecular flexibility index (Phi) is 3.54. The van der Waals surface area contributed by atoms with Gasteiger partial charge in [-0.3, -0.25) is 4.98 Å². The Bertz CT molecular complexity index is 1010. The molecule has 0 unspecified atom stereocenters. The fourth-order valence-electron chi connectivity index (χ4n) is 2.77. The van der Waals surface area contributed by atoms with Gasteiger partial charge in [-0.1, -0.05) is 19.1 Å². The number of H-pyrrole nitrogens is 1. The number of fused-ring (bicyclic) bond motifs is 1. The number of hydrogen-bond donors (Lipinski definition) is 1. The van der Waals surface area contributed by atoms with Gasteiger partial charge in [0.05, 0.1) is 11.2 Å². The Morgan fingerprint density at radius 1 is 1.00 bits per heavy atom. The van der Waals surface area contributed by atoms with Crippen molar-refractivity contribution in [3.8, 4) is 22.4 Å². The van der Waals surface area contributed by atoms with Gasteiger partial charge in [-0.25, -0.2) is 14.4 Å². The SMILES string of the molecule is CCc1nc2nc(-c3cccc(F)c3)c(-c3ccncc3)cc2[nH]1. The van der Waals surface area contributed by atoms with E-state index in [0.717, 1.165) is 34.5 Å². The van der Waals surface area contributed by atoms with Crippen LogP contribution in [0.1, 0.15) is 12.7 Å².